The predicted molar refractivity (Wildman–Crippen MR) is 65.0 cm³/mol. The largest absolute Gasteiger partial charge is 0.343 e. The molecule has 4 rings (SSSR count). The van der Waals surface area contributed by atoms with E-state index in [-0.39, 0.29) is 30.6 Å². The fourth-order valence-corrected chi connectivity index (χ4v) is 2.99. The number of rotatable bonds is 1. The number of ether oxygens (including phenoxy) is 2. The molecule has 20 heavy (non-hydrogen) atoms. The minimum atomic E-state index is -0.827. The zero-order valence-corrected chi connectivity index (χ0v) is 10.4. The number of hydrogen-bond acceptors (Lipinski definition) is 5. The number of nitrogens with zero attached hydrogens (tertiary/aromatic N) is 1. The van der Waals surface area contributed by atoms with Gasteiger partial charge in [0.2, 0.25) is 6.29 Å². The molecule has 6 heteroatoms. The van der Waals surface area contributed by atoms with Crippen LogP contribution in [0.4, 0.5) is 0 Å². The molecule has 3 atom stereocenters. The molecule has 3 aliphatic heterocycles. The Morgan fingerprint density at radius 3 is 2.35 bits per heavy atom. The Morgan fingerprint density at radius 2 is 1.70 bits per heavy atom. The summed E-state index contributed by atoms with van der Waals surface area (Å²) in [7, 11) is 0. The van der Waals surface area contributed by atoms with E-state index in [0.29, 0.717) is 11.1 Å². The molecule has 0 aliphatic carbocycles. The average molecular weight is 273 g/mol. The van der Waals surface area contributed by atoms with Crippen LogP contribution in [-0.2, 0) is 14.3 Å². The van der Waals surface area contributed by atoms with Gasteiger partial charge < -0.3 is 9.47 Å². The van der Waals surface area contributed by atoms with E-state index in [2.05, 4.69) is 0 Å². The molecule has 0 radical (unpaired) electrons. The van der Waals surface area contributed by atoms with Crippen LogP contribution < -0.4 is 0 Å². The van der Waals surface area contributed by atoms with Gasteiger partial charge in [0.1, 0.15) is 6.10 Å². The van der Waals surface area contributed by atoms with E-state index in [1.165, 1.54) is 0 Å². The summed E-state index contributed by atoms with van der Waals surface area (Å²) in [5, 5.41) is 0. The van der Waals surface area contributed by atoms with Crippen molar-refractivity contribution in [2.24, 2.45) is 0 Å². The number of carbonyl (C=O) groups is 3. The molecule has 6 nitrogen and oxygen atoms in total. The van der Waals surface area contributed by atoms with Crippen LogP contribution in [0.5, 0.6) is 0 Å². The van der Waals surface area contributed by atoms with Gasteiger partial charge >= 0.3 is 0 Å². The molecular formula is C14H11NO5. The molecule has 3 aliphatic rings. The lowest BCUT2D eigenvalue weighted by atomic mass is 10.0. The van der Waals surface area contributed by atoms with Gasteiger partial charge in [0, 0.05) is 6.42 Å². The maximum absolute atomic E-state index is 12.4. The average Bonchev–Trinajstić information content (AvgIpc) is 2.99. The van der Waals surface area contributed by atoms with Gasteiger partial charge in [-0.25, -0.2) is 0 Å². The molecule has 102 valence electrons. The van der Waals surface area contributed by atoms with Crippen LogP contribution in [0, 0.1) is 0 Å². The minimum absolute atomic E-state index is 0.0980. The second-order valence-corrected chi connectivity index (χ2v) is 5.10. The summed E-state index contributed by atoms with van der Waals surface area (Å²) in [5.74, 6) is -0.949. The normalized spacial score (nSPS) is 31.9. The van der Waals surface area contributed by atoms with Gasteiger partial charge in [0.25, 0.3) is 11.8 Å². The van der Waals surface area contributed by atoms with E-state index in [0.717, 1.165) is 4.90 Å². The van der Waals surface area contributed by atoms with Gasteiger partial charge in [-0.15, -0.1) is 0 Å². The molecule has 1 aromatic carbocycles. The monoisotopic (exact) mass is 273 g/mol. The lowest BCUT2D eigenvalue weighted by Crippen LogP contribution is -2.52. The van der Waals surface area contributed by atoms with Crippen molar-refractivity contribution in [1.82, 2.24) is 4.90 Å². The Morgan fingerprint density at radius 1 is 1.05 bits per heavy atom. The molecule has 0 saturated carbocycles. The number of carbonyl (C=O) groups excluding carboxylic acids is 3. The molecule has 0 aromatic heterocycles. The Kier molecular flexibility index (Phi) is 2.33. The van der Waals surface area contributed by atoms with E-state index in [1.54, 1.807) is 24.3 Å². The van der Waals surface area contributed by atoms with Crippen molar-refractivity contribution in [3.63, 3.8) is 0 Å². The highest BCUT2D eigenvalue weighted by molar-refractivity contribution is 6.21. The first-order valence-electron chi connectivity index (χ1n) is 6.43. The molecule has 0 unspecified atom stereocenters. The predicted octanol–water partition coefficient (Wildman–Crippen LogP) is 0.366. The minimum Gasteiger partial charge on any atom is -0.343 e. The number of ketones is 1. The third-order valence-electron chi connectivity index (χ3n) is 3.97. The van der Waals surface area contributed by atoms with Gasteiger partial charge in [-0.3, -0.25) is 19.3 Å². The second kappa shape index (κ2) is 3.97. The lowest BCUT2D eigenvalue weighted by Gasteiger charge is -2.32. The molecular weight excluding hydrogens is 262 g/mol. The van der Waals surface area contributed by atoms with Gasteiger partial charge in [0.15, 0.2) is 5.78 Å². The maximum atomic E-state index is 12.4. The first-order chi connectivity index (χ1) is 9.66. The van der Waals surface area contributed by atoms with Gasteiger partial charge in [0.05, 0.1) is 23.8 Å². The second-order valence-electron chi connectivity index (χ2n) is 5.10. The quantitative estimate of drug-likeness (QED) is 0.691. The van der Waals surface area contributed by atoms with Crippen molar-refractivity contribution < 1.29 is 23.9 Å². The molecule has 1 aromatic rings. The van der Waals surface area contributed by atoms with Crippen LogP contribution >= 0.6 is 0 Å². The van der Waals surface area contributed by atoms with Crippen LogP contribution in [-0.4, -0.2) is 47.5 Å². The highest BCUT2D eigenvalue weighted by Gasteiger charge is 2.50. The van der Waals surface area contributed by atoms with Crippen molar-refractivity contribution in [2.45, 2.75) is 24.9 Å². The summed E-state index contributed by atoms with van der Waals surface area (Å²) in [6, 6.07) is 6.09. The van der Waals surface area contributed by atoms with Crippen LogP contribution in [0.2, 0.25) is 0 Å². The van der Waals surface area contributed by atoms with Crippen LogP contribution in [0.15, 0.2) is 24.3 Å². The molecule has 2 fully saturated rings. The topological polar surface area (TPSA) is 72.9 Å². The Labute approximate surface area is 114 Å². The summed E-state index contributed by atoms with van der Waals surface area (Å²) < 4.78 is 10.6. The van der Waals surface area contributed by atoms with E-state index in [9.17, 15) is 14.4 Å². The summed E-state index contributed by atoms with van der Waals surface area (Å²) in [5.41, 5.74) is 0.761. The number of imide groups is 1. The third kappa shape index (κ3) is 1.43. The molecule has 2 saturated heterocycles. The van der Waals surface area contributed by atoms with Gasteiger partial charge in [-0.2, -0.15) is 0 Å². The number of fused-ring (bicyclic) bond motifs is 3. The maximum Gasteiger partial charge on any atom is 0.261 e. The van der Waals surface area contributed by atoms with Crippen molar-refractivity contribution in [3.05, 3.63) is 35.4 Å². The summed E-state index contributed by atoms with van der Waals surface area (Å²) in [6.07, 6.45) is -1.15. The van der Waals surface area contributed by atoms with E-state index >= 15 is 0 Å². The zero-order valence-electron chi connectivity index (χ0n) is 10.4. The highest BCUT2D eigenvalue weighted by Crippen LogP contribution is 2.33. The standard InChI is InChI=1S/C14H11NO5/c16-10-5-9(11-6-19-14(10)20-11)15-12(17)7-3-1-2-4-8(7)13(15)18/h1-4,9,11,14H,5-6H2/t9-,11+,14-/m1/s1. The molecule has 0 spiro atoms. The third-order valence-corrected chi connectivity index (χ3v) is 3.97. The Balaban J connectivity index is 1.72. The zero-order chi connectivity index (χ0) is 13.9. The van der Waals surface area contributed by atoms with Crippen molar-refractivity contribution in [2.75, 3.05) is 6.61 Å². The van der Waals surface area contributed by atoms with Crippen molar-refractivity contribution in [3.8, 4) is 0 Å². The number of amides is 2. The first-order valence-corrected chi connectivity index (χ1v) is 6.43. The van der Waals surface area contributed by atoms with E-state index in [1.807, 2.05) is 0 Å². The van der Waals surface area contributed by atoms with Crippen LogP contribution in [0.3, 0.4) is 0 Å². The number of Topliss-reactive ketones (excluding diaryl/α,β-unsaturated/α-hetero) is 1. The van der Waals surface area contributed by atoms with E-state index in [4.69, 9.17) is 9.47 Å². The van der Waals surface area contributed by atoms with Crippen LogP contribution in [0.25, 0.3) is 0 Å². The molecule has 2 amide bonds. The van der Waals surface area contributed by atoms with Gasteiger partial charge in [-0.05, 0) is 12.1 Å². The highest BCUT2D eigenvalue weighted by atomic mass is 16.7. The Hall–Kier alpha value is -2.05. The fourth-order valence-electron chi connectivity index (χ4n) is 2.99. The summed E-state index contributed by atoms with van der Waals surface area (Å²) in [4.78, 5) is 37.7. The van der Waals surface area contributed by atoms with E-state index < -0.39 is 18.4 Å². The smallest absolute Gasteiger partial charge is 0.261 e. The fraction of sp³-hybridized carbons (Fsp3) is 0.357. The van der Waals surface area contributed by atoms with Crippen molar-refractivity contribution >= 4 is 17.6 Å². The Bertz CT molecular complexity index is 605. The lowest BCUT2D eigenvalue weighted by molar-refractivity contribution is -0.156. The number of benzene rings is 1. The van der Waals surface area contributed by atoms with Crippen LogP contribution in [0.1, 0.15) is 27.1 Å². The SMILES string of the molecule is O=C1C[C@@H](N2C(=O)c3ccccc3C2=O)[C@@H]2CO[C@@H]1O2. The number of hydrogen-bond donors (Lipinski definition) is 0. The molecule has 2 bridgehead atoms. The summed E-state index contributed by atoms with van der Waals surface area (Å²) in [6.45, 7) is 0.231. The molecule has 0 N–H and O–H groups in total. The summed E-state index contributed by atoms with van der Waals surface area (Å²) >= 11 is 0. The van der Waals surface area contributed by atoms with Gasteiger partial charge in [-0.1, -0.05) is 12.1 Å². The first kappa shape index (κ1) is 11.7. The molecule has 3 heterocycles. The van der Waals surface area contributed by atoms with Crippen molar-refractivity contribution in [1.29, 1.82) is 0 Å².